The zero-order valence-electron chi connectivity index (χ0n) is 15.4. The average molecular weight is 423 g/mol. The molecule has 2 atom stereocenters. The number of ether oxygens (including phenoxy) is 1. The van der Waals surface area contributed by atoms with Crippen molar-refractivity contribution in [2.24, 2.45) is 11.8 Å². The first-order valence-electron chi connectivity index (χ1n) is 8.99. The Morgan fingerprint density at radius 3 is 1.79 bits per heavy atom. The minimum absolute atomic E-state index is 0.0867. The molecule has 0 radical (unpaired) electrons. The summed E-state index contributed by atoms with van der Waals surface area (Å²) in [7, 11) is -8.50. The van der Waals surface area contributed by atoms with Crippen LogP contribution in [0.5, 0.6) is 0 Å². The summed E-state index contributed by atoms with van der Waals surface area (Å²) in [6.45, 7) is 2.07. The molecule has 0 aliphatic carbocycles. The molecule has 0 aromatic heterocycles. The Kier molecular flexibility index (Phi) is 5.90. The lowest BCUT2D eigenvalue weighted by Crippen LogP contribution is -2.39. The topological polar surface area (TPSA) is 94.6 Å². The van der Waals surface area contributed by atoms with Crippen molar-refractivity contribution in [3.63, 3.8) is 0 Å². The summed E-state index contributed by atoms with van der Waals surface area (Å²) < 4.78 is 56.5. The Morgan fingerprint density at radius 1 is 0.893 bits per heavy atom. The minimum atomic E-state index is -4.25. The van der Waals surface area contributed by atoms with E-state index in [2.05, 4.69) is 0 Å². The van der Waals surface area contributed by atoms with E-state index in [0.29, 0.717) is 6.42 Å². The Morgan fingerprint density at radius 2 is 1.36 bits per heavy atom. The van der Waals surface area contributed by atoms with Crippen LogP contribution in [0.2, 0.25) is 0 Å². The molecular weight excluding hydrogens is 400 g/mol. The normalized spacial score (nSPS) is 20.7. The molecule has 3 rings (SSSR count). The van der Waals surface area contributed by atoms with Crippen molar-refractivity contribution in [3.05, 3.63) is 60.7 Å². The molecule has 1 aliphatic rings. The van der Waals surface area contributed by atoms with Gasteiger partial charge in [-0.2, -0.15) is 0 Å². The van der Waals surface area contributed by atoms with Gasteiger partial charge in [-0.25, -0.2) is 16.8 Å². The van der Waals surface area contributed by atoms with Crippen LogP contribution >= 0.6 is 0 Å². The number of cyclic esters (lactones) is 1. The van der Waals surface area contributed by atoms with E-state index >= 15 is 0 Å². The van der Waals surface area contributed by atoms with Gasteiger partial charge in [-0.3, -0.25) is 4.79 Å². The van der Waals surface area contributed by atoms with Gasteiger partial charge in [0.1, 0.15) is 0 Å². The summed E-state index contributed by atoms with van der Waals surface area (Å²) in [6.07, 6.45) is 0.231. The second kappa shape index (κ2) is 8.05. The summed E-state index contributed by atoms with van der Waals surface area (Å²) in [4.78, 5) is 12.1. The molecule has 0 unspecified atom stereocenters. The Labute approximate surface area is 165 Å². The van der Waals surface area contributed by atoms with E-state index in [1.54, 1.807) is 12.1 Å². The lowest BCUT2D eigenvalue weighted by atomic mass is 9.87. The standard InChI is InChI=1S/C20H22O6S2/c1-15-12-13-26-20(21)18(15)14-19(27(22,23)16-8-4-2-5-9-16)28(24,25)17-10-6-3-7-11-17/h2-11,15,18-19H,12-14H2,1H3/t15-,18+/m1/s1. The third-order valence-electron chi connectivity index (χ3n) is 5.09. The van der Waals surface area contributed by atoms with Gasteiger partial charge >= 0.3 is 5.97 Å². The fraction of sp³-hybridized carbons (Fsp3) is 0.350. The van der Waals surface area contributed by atoms with Gasteiger partial charge in [0.25, 0.3) is 0 Å². The van der Waals surface area contributed by atoms with E-state index in [9.17, 15) is 21.6 Å². The van der Waals surface area contributed by atoms with Crippen LogP contribution in [-0.4, -0.2) is 34.0 Å². The highest BCUT2D eigenvalue weighted by atomic mass is 32.3. The SMILES string of the molecule is C[C@@H]1CCOC(=O)[C@H]1CC(S(=O)(=O)c1ccccc1)S(=O)(=O)c1ccccc1. The number of benzene rings is 2. The zero-order chi connectivity index (χ0) is 20.4. The van der Waals surface area contributed by atoms with Crippen molar-refractivity contribution in [2.45, 2.75) is 34.1 Å². The summed E-state index contributed by atoms with van der Waals surface area (Å²) in [5, 5.41) is 0. The van der Waals surface area contributed by atoms with Crippen LogP contribution in [0.25, 0.3) is 0 Å². The van der Waals surface area contributed by atoms with Crippen molar-refractivity contribution in [3.8, 4) is 0 Å². The predicted octanol–water partition coefficient (Wildman–Crippen LogP) is 2.85. The molecule has 6 nitrogen and oxygen atoms in total. The molecule has 1 fully saturated rings. The maximum atomic E-state index is 13.3. The maximum Gasteiger partial charge on any atom is 0.309 e. The van der Waals surface area contributed by atoms with Crippen LogP contribution in [0.4, 0.5) is 0 Å². The molecule has 2 aromatic carbocycles. The second-order valence-corrected chi connectivity index (χ2v) is 11.5. The fourth-order valence-electron chi connectivity index (χ4n) is 3.37. The summed E-state index contributed by atoms with van der Waals surface area (Å²) >= 11 is 0. The van der Waals surface area contributed by atoms with E-state index in [1.165, 1.54) is 48.5 Å². The van der Waals surface area contributed by atoms with Crippen molar-refractivity contribution >= 4 is 25.6 Å². The Hall–Kier alpha value is -2.19. The number of esters is 1. The lowest BCUT2D eigenvalue weighted by molar-refractivity contribution is -0.156. The minimum Gasteiger partial charge on any atom is -0.465 e. The van der Waals surface area contributed by atoms with E-state index < -0.39 is 36.1 Å². The molecule has 0 bridgehead atoms. The molecule has 0 saturated carbocycles. The monoisotopic (exact) mass is 422 g/mol. The molecule has 28 heavy (non-hydrogen) atoms. The maximum absolute atomic E-state index is 13.3. The molecular formula is C20H22O6S2. The van der Waals surface area contributed by atoms with Crippen molar-refractivity contribution in [1.29, 1.82) is 0 Å². The fourth-order valence-corrected chi connectivity index (χ4v) is 7.97. The van der Waals surface area contributed by atoms with Crippen LogP contribution in [0.1, 0.15) is 19.8 Å². The first-order valence-corrected chi connectivity index (χ1v) is 12.1. The summed E-state index contributed by atoms with van der Waals surface area (Å²) in [5.41, 5.74) is 0. The van der Waals surface area contributed by atoms with E-state index in [0.717, 1.165) is 0 Å². The van der Waals surface area contributed by atoms with Crippen LogP contribution in [0.15, 0.2) is 70.5 Å². The molecule has 1 saturated heterocycles. The first-order chi connectivity index (χ1) is 13.2. The van der Waals surface area contributed by atoms with E-state index in [4.69, 9.17) is 4.74 Å². The molecule has 0 N–H and O–H groups in total. The highest BCUT2D eigenvalue weighted by molar-refractivity contribution is 8.09. The molecule has 8 heteroatoms. The number of sulfone groups is 2. The van der Waals surface area contributed by atoms with Gasteiger partial charge in [0.2, 0.25) is 0 Å². The molecule has 150 valence electrons. The van der Waals surface area contributed by atoms with Gasteiger partial charge in [0, 0.05) is 0 Å². The molecule has 0 spiro atoms. The lowest BCUT2D eigenvalue weighted by Gasteiger charge is -2.30. The van der Waals surface area contributed by atoms with Crippen LogP contribution < -0.4 is 0 Å². The molecule has 2 aromatic rings. The average Bonchev–Trinajstić information content (AvgIpc) is 2.68. The molecule has 1 heterocycles. The molecule has 0 amide bonds. The van der Waals surface area contributed by atoms with Crippen molar-refractivity contribution < 1.29 is 26.4 Å². The number of rotatable bonds is 6. The predicted molar refractivity (Wildman–Crippen MR) is 104 cm³/mol. The van der Waals surface area contributed by atoms with Gasteiger partial charge in [0.15, 0.2) is 24.3 Å². The van der Waals surface area contributed by atoms with Crippen molar-refractivity contribution in [2.75, 3.05) is 6.61 Å². The van der Waals surface area contributed by atoms with Crippen LogP contribution in [0.3, 0.4) is 0 Å². The van der Waals surface area contributed by atoms with Crippen LogP contribution in [-0.2, 0) is 29.2 Å². The van der Waals surface area contributed by atoms with Gasteiger partial charge in [0.05, 0.1) is 22.3 Å². The van der Waals surface area contributed by atoms with Gasteiger partial charge in [-0.05, 0) is 43.0 Å². The Bertz CT molecular complexity index is 961. The third-order valence-corrected chi connectivity index (χ3v) is 10.2. The zero-order valence-corrected chi connectivity index (χ0v) is 17.0. The highest BCUT2D eigenvalue weighted by Crippen LogP contribution is 2.35. The summed E-state index contributed by atoms with van der Waals surface area (Å²) in [5.74, 6) is -1.51. The second-order valence-electron chi connectivity index (χ2n) is 6.92. The smallest absolute Gasteiger partial charge is 0.309 e. The Balaban J connectivity index is 2.10. The number of carbonyl (C=O) groups is 1. The molecule has 1 aliphatic heterocycles. The quantitative estimate of drug-likeness (QED) is 0.665. The number of carbonyl (C=O) groups excluding carboxylic acids is 1. The summed E-state index contributed by atoms with van der Waals surface area (Å²) in [6, 6.07) is 14.9. The number of hydrogen-bond donors (Lipinski definition) is 0. The highest BCUT2D eigenvalue weighted by Gasteiger charge is 2.45. The first kappa shape index (κ1) is 20.5. The van der Waals surface area contributed by atoms with E-state index in [1.807, 2.05) is 6.92 Å². The number of hydrogen-bond acceptors (Lipinski definition) is 6. The van der Waals surface area contributed by atoms with Gasteiger partial charge in [-0.15, -0.1) is 0 Å². The van der Waals surface area contributed by atoms with Gasteiger partial charge < -0.3 is 4.74 Å². The van der Waals surface area contributed by atoms with Crippen molar-refractivity contribution in [1.82, 2.24) is 0 Å². The van der Waals surface area contributed by atoms with Gasteiger partial charge in [-0.1, -0.05) is 43.3 Å². The largest absolute Gasteiger partial charge is 0.465 e. The van der Waals surface area contributed by atoms with Crippen LogP contribution in [0, 0.1) is 11.8 Å². The van der Waals surface area contributed by atoms with E-state index in [-0.39, 0.29) is 28.7 Å². The third kappa shape index (κ3) is 3.98.